The van der Waals surface area contributed by atoms with Crippen LogP contribution in [0.2, 0.25) is 0 Å². The Hall–Kier alpha value is 2.19. The van der Waals surface area contributed by atoms with E-state index in [1.807, 2.05) is 4.31 Å². The molecule has 0 aliphatic rings. The van der Waals surface area contributed by atoms with Gasteiger partial charge in [0.1, 0.15) is 0 Å². The predicted molar refractivity (Wildman–Crippen MR) is 25.9 cm³/mol. The molecule has 0 spiro atoms. The van der Waals surface area contributed by atoms with Crippen molar-refractivity contribution in [2.45, 2.75) is 0 Å². The van der Waals surface area contributed by atoms with Crippen molar-refractivity contribution in [1.29, 1.82) is 0 Å². The smallest absolute Gasteiger partial charge is 1.00 e. The molecule has 0 saturated carbocycles. The second-order valence-corrected chi connectivity index (χ2v) is 0.750. The second-order valence-electron chi connectivity index (χ2n) is 0.0833. The minimum Gasteiger partial charge on any atom is -1.00 e. The monoisotopic (exact) mass is 340 g/mol. The van der Waals surface area contributed by atoms with Crippen molar-refractivity contribution in [2.24, 2.45) is 0 Å². The van der Waals surface area contributed by atoms with Crippen LogP contribution >= 0.6 is 24.4 Å². The van der Waals surface area contributed by atoms with Crippen molar-refractivity contribution in [2.75, 3.05) is 0 Å². The molecule has 0 fully saturated rings. The van der Waals surface area contributed by atoms with Crippen LogP contribution in [0.1, 0.15) is 0 Å². The normalized spacial score (nSPS) is 1.14. The van der Waals surface area contributed by atoms with Gasteiger partial charge in [0, 0.05) is 4.31 Å². The molecule has 0 amide bonds. The minimum absolute atomic E-state index is 0. The van der Waals surface area contributed by atoms with Gasteiger partial charge in [-0.25, -0.2) is 0 Å². The van der Waals surface area contributed by atoms with E-state index in [4.69, 9.17) is 0 Å². The molecular formula is CAlBr3S2. The Labute approximate surface area is 95.9 Å². The molecule has 0 unspecified atom stereocenters. The third kappa shape index (κ3) is 65.4. The maximum absolute atomic E-state index is 3.96. The zero-order chi connectivity index (χ0) is 2.71. The summed E-state index contributed by atoms with van der Waals surface area (Å²) in [6.45, 7) is 0. The van der Waals surface area contributed by atoms with Gasteiger partial charge in [0.2, 0.25) is 0 Å². The maximum atomic E-state index is 3.96. The van der Waals surface area contributed by atoms with E-state index in [-0.39, 0.29) is 68.3 Å². The fourth-order valence-corrected chi connectivity index (χ4v) is 0. The van der Waals surface area contributed by atoms with E-state index in [0.29, 0.717) is 0 Å². The maximum Gasteiger partial charge on any atom is 3.00 e. The number of hydrogen-bond donors (Lipinski definition) is 0. The van der Waals surface area contributed by atoms with Crippen LogP contribution in [0.25, 0.3) is 0 Å². The first kappa shape index (κ1) is 35.1. The zero-order valence-electron chi connectivity index (χ0n) is 3.03. The molecule has 0 bridgehead atoms. The van der Waals surface area contributed by atoms with Crippen LogP contribution in [0.15, 0.2) is 0 Å². The van der Waals surface area contributed by atoms with Gasteiger partial charge in [-0.3, -0.25) is 0 Å². The fraction of sp³-hybridized carbons (Fsp3) is 0. The molecule has 0 atom stereocenters. The summed E-state index contributed by atoms with van der Waals surface area (Å²) in [6, 6.07) is 0. The summed E-state index contributed by atoms with van der Waals surface area (Å²) in [5.41, 5.74) is 0. The molecule has 40 valence electrons. The SMILES string of the molecule is S=C=S.[Al+3].[Br-].[Br-].[Br-]. The topological polar surface area (TPSA) is 0 Å². The Morgan fingerprint density at radius 2 is 0.857 bits per heavy atom. The van der Waals surface area contributed by atoms with Gasteiger partial charge < -0.3 is 50.9 Å². The molecule has 0 nitrogen and oxygen atoms in total. The molecule has 0 radical (unpaired) electrons. The van der Waals surface area contributed by atoms with E-state index in [2.05, 4.69) is 24.4 Å². The van der Waals surface area contributed by atoms with Crippen LogP contribution in [-0.2, 0) is 0 Å². The first-order valence-electron chi connectivity index (χ1n) is 0.408. The van der Waals surface area contributed by atoms with Crippen molar-refractivity contribution in [3.63, 3.8) is 0 Å². The van der Waals surface area contributed by atoms with Gasteiger partial charge in [-0.05, 0) is 24.4 Å². The van der Waals surface area contributed by atoms with Crippen LogP contribution in [0.5, 0.6) is 0 Å². The van der Waals surface area contributed by atoms with Crippen LogP contribution in [0.3, 0.4) is 0 Å². The molecule has 7 heavy (non-hydrogen) atoms. The Balaban J connectivity index is -0.00000000333. The van der Waals surface area contributed by atoms with E-state index in [0.717, 1.165) is 0 Å². The average Bonchev–Trinajstić information content (AvgIpc) is 0.918. The summed E-state index contributed by atoms with van der Waals surface area (Å²) in [5, 5.41) is 0. The number of thiocarbonyl (C=S) groups is 2. The van der Waals surface area contributed by atoms with Crippen molar-refractivity contribution in [1.82, 2.24) is 0 Å². The van der Waals surface area contributed by atoms with Gasteiger partial charge in [0.15, 0.2) is 0 Å². The largest absolute Gasteiger partial charge is 3.00 e. The Kier molecular flexibility index (Phi) is 209. The van der Waals surface area contributed by atoms with Crippen LogP contribution in [0.4, 0.5) is 0 Å². The van der Waals surface area contributed by atoms with E-state index in [9.17, 15) is 0 Å². The molecule has 0 aromatic heterocycles. The summed E-state index contributed by atoms with van der Waals surface area (Å²) in [4.78, 5) is 0. The molecule has 0 rings (SSSR count). The van der Waals surface area contributed by atoms with Crippen molar-refractivity contribution < 1.29 is 50.9 Å². The van der Waals surface area contributed by atoms with Crippen LogP contribution in [-0.4, -0.2) is 21.7 Å². The Morgan fingerprint density at radius 3 is 0.857 bits per heavy atom. The predicted octanol–water partition coefficient (Wildman–Crippen LogP) is -8.35. The molecule has 0 aliphatic heterocycles. The van der Waals surface area contributed by atoms with E-state index < -0.39 is 0 Å². The number of rotatable bonds is 0. The van der Waals surface area contributed by atoms with Gasteiger partial charge in [-0.2, -0.15) is 0 Å². The summed E-state index contributed by atoms with van der Waals surface area (Å²) in [7, 11) is 0. The molecule has 0 N–H and O–H groups in total. The number of hydrogen-bond acceptors (Lipinski definition) is 2. The van der Waals surface area contributed by atoms with E-state index in [1.165, 1.54) is 0 Å². The molecule has 0 aromatic carbocycles. The first-order chi connectivity index (χ1) is 1.41. The van der Waals surface area contributed by atoms with Gasteiger partial charge in [-0.1, -0.05) is 0 Å². The zero-order valence-corrected chi connectivity index (χ0v) is 10.6. The van der Waals surface area contributed by atoms with Gasteiger partial charge >= 0.3 is 17.4 Å². The minimum atomic E-state index is 0. The molecule has 0 aromatic rings. The summed E-state index contributed by atoms with van der Waals surface area (Å²) in [5.74, 6) is 0. The molecule has 0 saturated heterocycles. The third-order valence-corrected chi connectivity index (χ3v) is 0. The van der Waals surface area contributed by atoms with E-state index in [1.54, 1.807) is 0 Å². The fourth-order valence-electron chi connectivity index (χ4n) is 0. The molecular weight excluding hydrogens is 343 g/mol. The van der Waals surface area contributed by atoms with Gasteiger partial charge in [0.25, 0.3) is 0 Å². The molecule has 6 heteroatoms. The van der Waals surface area contributed by atoms with Crippen molar-refractivity contribution >= 4 is 46.1 Å². The van der Waals surface area contributed by atoms with Crippen molar-refractivity contribution in [3.8, 4) is 0 Å². The van der Waals surface area contributed by atoms with Crippen molar-refractivity contribution in [3.05, 3.63) is 0 Å². The second kappa shape index (κ2) is 41.6. The van der Waals surface area contributed by atoms with Gasteiger partial charge in [0.05, 0.1) is 0 Å². The van der Waals surface area contributed by atoms with E-state index >= 15 is 0 Å². The van der Waals surface area contributed by atoms with Gasteiger partial charge in [-0.15, -0.1) is 0 Å². The quantitative estimate of drug-likeness (QED) is 0.317. The standard InChI is InChI=1S/CS2.Al.3BrH/c2-1-3;;;;/h;;3*1H/q;+3;;;/p-3. The number of halogens is 3. The average molecular weight is 343 g/mol. The summed E-state index contributed by atoms with van der Waals surface area (Å²) < 4.78 is 1.92. The van der Waals surface area contributed by atoms with Crippen LogP contribution < -0.4 is 50.9 Å². The molecule has 0 heterocycles. The molecule has 0 aliphatic carbocycles. The summed E-state index contributed by atoms with van der Waals surface area (Å²) in [6.07, 6.45) is 0. The Bertz CT molecular complexity index is 33.9. The first-order valence-corrected chi connectivity index (χ1v) is 1.22. The third-order valence-electron chi connectivity index (χ3n) is 0. The summed E-state index contributed by atoms with van der Waals surface area (Å²) >= 11 is 7.92. The van der Waals surface area contributed by atoms with Crippen LogP contribution in [0, 0.1) is 0 Å². The Morgan fingerprint density at radius 1 is 0.857 bits per heavy atom.